The zero-order valence-corrected chi connectivity index (χ0v) is 12.2. The molecular formula is C15H21N5O. The third-order valence-corrected chi connectivity index (χ3v) is 4.17. The SMILES string of the molecule is CC(C(N)=O)N1CCCN(c2nc3ccccc3[nH]2)CC1. The van der Waals surface area contributed by atoms with Crippen LogP contribution in [0.15, 0.2) is 24.3 Å². The van der Waals surface area contributed by atoms with Crippen molar-refractivity contribution < 1.29 is 4.79 Å². The Hall–Kier alpha value is -2.08. The van der Waals surface area contributed by atoms with Gasteiger partial charge in [0.25, 0.3) is 0 Å². The summed E-state index contributed by atoms with van der Waals surface area (Å²) in [6.07, 6.45) is 0.995. The maximum absolute atomic E-state index is 11.3. The van der Waals surface area contributed by atoms with E-state index >= 15 is 0 Å². The van der Waals surface area contributed by atoms with E-state index < -0.39 is 0 Å². The topological polar surface area (TPSA) is 78.2 Å². The molecule has 1 atom stereocenters. The summed E-state index contributed by atoms with van der Waals surface area (Å²) in [5, 5.41) is 0. The number of para-hydroxylation sites is 2. The van der Waals surface area contributed by atoms with Gasteiger partial charge in [0, 0.05) is 26.2 Å². The molecule has 2 aromatic rings. The molecule has 1 fully saturated rings. The van der Waals surface area contributed by atoms with Crippen molar-refractivity contribution in [2.45, 2.75) is 19.4 Å². The molecule has 21 heavy (non-hydrogen) atoms. The number of amides is 1. The summed E-state index contributed by atoms with van der Waals surface area (Å²) in [5.74, 6) is 0.650. The molecular weight excluding hydrogens is 266 g/mol. The molecule has 1 aromatic heterocycles. The van der Waals surface area contributed by atoms with E-state index in [0.717, 1.165) is 49.6 Å². The van der Waals surface area contributed by atoms with Crippen molar-refractivity contribution in [1.29, 1.82) is 0 Å². The predicted octanol–water partition coefficient (Wildman–Crippen LogP) is 0.949. The van der Waals surface area contributed by atoms with Gasteiger partial charge >= 0.3 is 0 Å². The van der Waals surface area contributed by atoms with Gasteiger partial charge in [-0.05, 0) is 25.5 Å². The second kappa shape index (κ2) is 5.73. The Balaban J connectivity index is 1.74. The third-order valence-electron chi connectivity index (χ3n) is 4.17. The third kappa shape index (κ3) is 2.85. The maximum Gasteiger partial charge on any atom is 0.234 e. The number of nitrogens with two attached hydrogens (primary N) is 1. The first-order valence-corrected chi connectivity index (χ1v) is 7.38. The normalized spacial score (nSPS) is 18.6. The number of imidazole rings is 1. The van der Waals surface area contributed by atoms with Gasteiger partial charge < -0.3 is 15.6 Å². The molecule has 6 nitrogen and oxygen atoms in total. The number of nitrogens with one attached hydrogen (secondary N) is 1. The Morgan fingerprint density at radius 3 is 2.86 bits per heavy atom. The Bertz CT molecular complexity index is 605. The number of aromatic nitrogens is 2. The number of benzene rings is 1. The number of rotatable bonds is 3. The van der Waals surface area contributed by atoms with Gasteiger partial charge in [-0.3, -0.25) is 9.69 Å². The number of fused-ring (bicyclic) bond motifs is 1. The van der Waals surface area contributed by atoms with Crippen molar-refractivity contribution in [1.82, 2.24) is 14.9 Å². The van der Waals surface area contributed by atoms with Crippen LogP contribution in [0, 0.1) is 0 Å². The first-order valence-electron chi connectivity index (χ1n) is 7.38. The minimum atomic E-state index is -0.257. The predicted molar refractivity (Wildman–Crippen MR) is 83.2 cm³/mol. The van der Waals surface area contributed by atoms with Gasteiger partial charge in [-0.15, -0.1) is 0 Å². The molecule has 6 heteroatoms. The number of aromatic amines is 1. The standard InChI is InChI=1S/C15H21N5O/c1-11(14(16)21)19-7-4-8-20(10-9-19)15-17-12-5-2-3-6-13(12)18-15/h2-3,5-6,11H,4,7-10H2,1H3,(H2,16,21)(H,17,18). The summed E-state index contributed by atoms with van der Waals surface area (Å²) in [6.45, 7) is 5.36. The number of anilines is 1. The molecule has 1 unspecified atom stereocenters. The molecule has 0 spiro atoms. The molecule has 2 heterocycles. The molecule has 0 saturated carbocycles. The Labute approximate surface area is 123 Å². The van der Waals surface area contributed by atoms with Crippen molar-refractivity contribution in [3.8, 4) is 0 Å². The van der Waals surface area contributed by atoms with Crippen molar-refractivity contribution in [2.75, 3.05) is 31.1 Å². The van der Waals surface area contributed by atoms with Crippen LogP contribution in [0.2, 0.25) is 0 Å². The van der Waals surface area contributed by atoms with Crippen molar-refractivity contribution >= 4 is 22.9 Å². The highest BCUT2D eigenvalue weighted by atomic mass is 16.1. The lowest BCUT2D eigenvalue weighted by atomic mass is 10.2. The van der Waals surface area contributed by atoms with Crippen LogP contribution in [0.25, 0.3) is 11.0 Å². The summed E-state index contributed by atoms with van der Waals surface area (Å²) < 4.78 is 0. The number of primary amides is 1. The molecule has 1 saturated heterocycles. The molecule has 1 aromatic carbocycles. The van der Waals surface area contributed by atoms with Crippen LogP contribution < -0.4 is 10.6 Å². The smallest absolute Gasteiger partial charge is 0.234 e. The summed E-state index contributed by atoms with van der Waals surface area (Å²) >= 11 is 0. The van der Waals surface area contributed by atoms with E-state index in [1.54, 1.807) is 0 Å². The number of carbonyl (C=O) groups excluding carboxylic acids is 1. The molecule has 1 aliphatic heterocycles. The van der Waals surface area contributed by atoms with Crippen LogP contribution in [0.3, 0.4) is 0 Å². The van der Waals surface area contributed by atoms with E-state index in [1.807, 2.05) is 31.2 Å². The maximum atomic E-state index is 11.3. The number of hydrogen-bond acceptors (Lipinski definition) is 4. The van der Waals surface area contributed by atoms with Crippen LogP contribution in [-0.2, 0) is 4.79 Å². The fourth-order valence-electron chi connectivity index (χ4n) is 2.81. The fourth-order valence-corrected chi connectivity index (χ4v) is 2.81. The first-order chi connectivity index (χ1) is 10.1. The number of H-pyrrole nitrogens is 1. The van der Waals surface area contributed by atoms with Gasteiger partial charge in [0.1, 0.15) is 0 Å². The molecule has 0 bridgehead atoms. The molecule has 112 valence electrons. The Morgan fingerprint density at radius 2 is 2.10 bits per heavy atom. The molecule has 3 N–H and O–H groups in total. The Kier molecular flexibility index (Phi) is 3.79. The summed E-state index contributed by atoms with van der Waals surface area (Å²) in [5.41, 5.74) is 7.44. The van der Waals surface area contributed by atoms with Gasteiger partial charge in [-0.25, -0.2) is 4.98 Å². The lowest BCUT2D eigenvalue weighted by Gasteiger charge is -2.25. The number of nitrogens with zero attached hydrogens (tertiary/aromatic N) is 3. The van der Waals surface area contributed by atoms with Crippen LogP contribution in [-0.4, -0.2) is 53.0 Å². The molecule has 3 rings (SSSR count). The van der Waals surface area contributed by atoms with Crippen LogP contribution in [0.1, 0.15) is 13.3 Å². The highest BCUT2D eigenvalue weighted by molar-refractivity contribution is 5.79. The van der Waals surface area contributed by atoms with Gasteiger partial charge in [-0.1, -0.05) is 12.1 Å². The van der Waals surface area contributed by atoms with E-state index in [2.05, 4.69) is 19.8 Å². The number of carbonyl (C=O) groups is 1. The minimum Gasteiger partial charge on any atom is -0.368 e. The second-order valence-corrected chi connectivity index (χ2v) is 5.53. The zero-order chi connectivity index (χ0) is 14.8. The summed E-state index contributed by atoms with van der Waals surface area (Å²) in [4.78, 5) is 23.7. The molecule has 0 aliphatic carbocycles. The van der Waals surface area contributed by atoms with E-state index in [4.69, 9.17) is 5.73 Å². The van der Waals surface area contributed by atoms with Crippen LogP contribution >= 0.6 is 0 Å². The summed E-state index contributed by atoms with van der Waals surface area (Å²) in [6, 6.07) is 7.83. The van der Waals surface area contributed by atoms with Crippen LogP contribution in [0.4, 0.5) is 5.95 Å². The largest absolute Gasteiger partial charge is 0.368 e. The fraction of sp³-hybridized carbons (Fsp3) is 0.467. The van der Waals surface area contributed by atoms with E-state index in [9.17, 15) is 4.79 Å². The first kappa shape index (κ1) is 13.9. The van der Waals surface area contributed by atoms with E-state index in [1.165, 1.54) is 0 Å². The van der Waals surface area contributed by atoms with Gasteiger partial charge in [-0.2, -0.15) is 0 Å². The van der Waals surface area contributed by atoms with Gasteiger partial charge in [0.2, 0.25) is 11.9 Å². The Morgan fingerprint density at radius 1 is 1.29 bits per heavy atom. The van der Waals surface area contributed by atoms with E-state index in [-0.39, 0.29) is 11.9 Å². The van der Waals surface area contributed by atoms with E-state index in [0.29, 0.717) is 0 Å². The highest BCUT2D eigenvalue weighted by Gasteiger charge is 2.23. The van der Waals surface area contributed by atoms with Crippen LogP contribution in [0.5, 0.6) is 0 Å². The lowest BCUT2D eigenvalue weighted by molar-refractivity contribution is -0.122. The zero-order valence-electron chi connectivity index (χ0n) is 12.2. The minimum absolute atomic E-state index is 0.208. The monoisotopic (exact) mass is 287 g/mol. The molecule has 1 aliphatic rings. The van der Waals surface area contributed by atoms with Gasteiger partial charge in [0.15, 0.2) is 0 Å². The average Bonchev–Trinajstić information content (AvgIpc) is 2.76. The number of hydrogen-bond donors (Lipinski definition) is 2. The van der Waals surface area contributed by atoms with Crippen molar-refractivity contribution in [3.05, 3.63) is 24.3 Å². The molecule has 1 amide bonds. The van der Waals surface area contributed by atoms with Crippen molar-refractivity contribution in [2.24, 2.45) is 5.73 Å². The van der Waals surface area contributed by atoms with Gasteiger partial charge in [0.05, 0.1) is 17.1 Å². The average molecular weight is 287 g/mol. The summed E-state index contributed by atoms with van der Waals surface area (Å²) in [7, 11) is 0. The highest BCUT2D eigenvalue weighted by Crippen LogP contribution is 2.18. The molecule has 0 radical (unpaired) electrons. The van der Waals surface area contributed by atoms with Crippen molar-refractivity contribution in [3.63, 3.8) is 0 Å². The lowest BCUT2D eigenvalue weighted by Crippen LogP contribution is -2.44. The quantitative estimate of drug-likeness (QED) is 0.881. The second-order valence-electron chi connectivity index (χ2n) is 5.53.